The van der Waals surface area contributed by atoms with Crippen LogP contribution in [0.1, 0.15) is 16.8 Å². The van der Waals surface area contributed by atoms with Gasteiger partial charge in [0.05, 0.1) is 31.3 Å². The van der Waals surface area contributed by atoms with Crippen LogP contribution in [0.5, 0.6) is 11.5 Å². The summed E-state index contributed by atoms with van der Waals surface area (Å²) in [6.07, 6.45) is 0.613. The van der Waals surface area contributed by atoms with E-state index in [-0.39, 0.29) is 11.7 Å². The second-order valence-electron chi connectivity index (χ2n) is 5.81. The molecule has 0 aliphatic carbocycles. The van der Waals surface area contributed by atoms with Crippen molar-refractivity contribution in [3.05, 3.63) is 48.0 Å². The van der Waals surface area contributed by atoms with Crippen LogP contribution >= 0.6 is 0 Å². The van der Waals surface area contributed by atoms with Gasteiger partial charge in [0.1, 0.15) is 11.5 Å². The lowest BCUT2D eigenvalue weighted by molar-refractivity contribution is 0.102. The van der Waals surface area contributed by atoms with Crippen molar-refractivity contribution in [1.82, 2.24) is 0 Å². The van der Waals surface area contributed by atoms with Crippen LogP contribution < -0.4 is 19.1 Å². The van der Waals surface area contributed by atoms with Gasteiger partial charge >= 0.3 is 0 Å². The molecule has 138 valence electrons. The summed E-state index contributed by atoms with van der Waals surface area (Å²) >= 11 is 0. The average molecular weight is 376 g/mol. The minimum atomic E-state index is -3.23. The van der Waals surface area contributed by atoms with Crippen LogP contribution in [-0.2, 0) is 10.0 Å². The fraction of sp³-hybridized carbons (Fsp3) is 0.278. The highest BCUT2D eigenvalue weighted by Crippen LogP contribution is 2.30. The first-order valence-corrected chi connectivity index (χ1v) is 9.69. The van der Waals surface area contributed by atoms with E-state index in [1.54, 1.807) is 49.6 Å². The Balaban J connectivity index is 1.77. The minimum Gasteiger partial charge on any atom is -0.497 e. The number of carbonyl (C=O) groups excluding carboxylic acids is 1. The third-order valence-corrected chi connectivity index (χ3v) is 6.04. The number of benzene rings is 2. The first-order valence-electron chi connectivity index (χ1n) is 8.08. The van der Waals surface area contributed by atoms with Crippen molar-refractivity contribution in [1.29, 1.82) is 0 Å². The maximum atomic E-state index is 12.5. The van der Waals surface area contributed by atoms with E-state index in [2.05, 4.69) is 5.32 Å². The molecule has 0 atom stereocenters. The van der Waals surface area contributed by atoms with E-state index in [1.807, 2.05) is 0 Å². The summed E-state index contributed by atoms with van der Waals surface area (Å²) < 4.78 is 35.7. The molecule has 0 bridgehead atoms. The molecular formula is C18H20N2O5S. The Morgan fingerprint density at radius 3 is 2.38 bits per heavy atom. The van der Waals surface area contributed by atoms with Gasteiger partial charge in [-0.15, -0.1) is 0 Å². The first kappa shape index (κ1) is 18.1. The van der Waals surface area contributed by atoms with Gasteiger partial charge < -0.3 is 14.8 Å². The number of amides is 1. The molecule has 1 N–H and O–H groups in total. The molecule has 1 fully saturated rings. The van der Waals surface area contributed by atoms with Crippen molar-refractivity contribution < 1.29 is 22.7 Å². The molecule has 1 aliphatic rings. The zero-order valence-corrected chi connectivity index (χ0v) is 15.4. The number of carbonyl (C=O) groups is 1. The van der Waals surface area contributed by atoms with Crippen LogP contribution in [0.3, 0.4) is 0 Å². The molecular weight excluding hydrogens is 356 g/mol. The zero-order chi connectivity index (χ0) is 18.7. The summed E-state index contributed by atoms with van der Waals surface area (Å²) in [5.41, 5.74) is 1.51. The summed E-state index contributed by atoms with van der Waals surface area (Å²) in [7, 11) is -0.173. The quantitative estimate of drug-likeness (QED) is 0.867. The van der Waals surface area contributed by atoms with Crippen LogP contribution in [0.25, 0.3) is 0 Å². The van der Waals surface area contributed by atoms with E-state index >= 15 is 0 Å². The maximum absolute atomic E-state index is 12.5. The normalized spacial score (nSPS) is 15.5. The van der Waals surface area contributed by atoms with Gasteiger partial charge in [-0.2, -0.15) is 0 Å². The summed E-state index contributed by atoms with van der Waals surface area (Å²) in [6.45, 7) is 0.469. The Morgan fingerprint density at radius 1 is 1.08 bits per heavy atom. The third kappa shape index (κ3) is 3.60. The molecule has 1 amide bonds. The van der Waals surface area contributed by atoms with E-state index < -0.39 is 10.0 Å². The number of hydrogen-bond acceptors (Lipinski definition) is 5. The molecule has 26 heavy (non-hydrogen) atoms. The largest absolute Gasteiger partial charge is 0.497 e. The Labute approximate surface area is 152 Å². The van der Waals surface area contributed by atoms with Gasteiger partial charge in [-0.3, -0.25) is 9.10 Å². The highest BCUT2D eigenvalue weighted by atomic mass is 32.2. The van der Waals surface area contributed by atoms with Crippen LogP contribution in [0.2, 0.25) is 0 Å². The number of anilines is 2. The molecule has 0 saturated carbocycles. The molecule has 0 spiro atoms. The van der Waals surface area contributed by atoms with Crippen molar-refractivity contribution in [2.75, 3.05) is 36.1 Å². The second-order valence-corrected chi connectivity index (χ2v) is 7.82. The summed E-state index contributed by atoms with van der Waals surface area (Å²) in [6, 6.07) is 11.6. The van der Waals surface area contributed by atoms with Gasteiger partial charge in [-0.25, -0.2) is 8.42 Å². The van der Waals surface area contributed by atoms with Crippen LogP contribution in [0, 0.1) is 0 Å². The zero-order valence-electron chi connectivity index (χ0n) is 14.6. The molecule has 0 radical (unpaired) electrons. The lowest BCUT2D eigenvalue weighted by Crippen LogP contribution is -2.25. The first-order chi connectivity index (χ1) is 12.4. The van der Waals surface area contributed by atoms with Gasteiger partial charge in [0, 0.05) is 18.2 Å². The number of ether oxygens (including phenoxy) is 2. The minimum absolute atomic E-state index is 0.159. The number of nitrogens with one attached hydrogen (secondary N) is 1. The SMILES string of the molecule is COc1ccc(NC(=O)c2ccc(N3CCCS3(=O)=O)cc2)c(OC)c1. The fourth-order valence-corrected chi connectivity index (χ4v) is 4.37. The summed E-state index contributed by atoms with van der Waals surface area (Å²) in [5, 5.41) is 2.78. The molecule has 1 heterocycles. The van der Waals surface area contributed by atoms with Gasteiger partial charge in [-0.1, -0.05) is 0 Å². The van der Waals surface area contributed by atoms with Crippen molar-refractivity contribution >= 4 is 27.3 Å². The number of methoxy groups -OCH3 is 2. The van der Waals surface area contributed by atoms with E-state index in [4.69, 9.17) is 9.47 Å². The topological polar surface area (TPSA) is 84.9 Å². The average Bonchev–Trinajstić information content (AvgIpc) is 3.01. The maximum Gasteiger partial charge on any atom is 0.255 e. The van der Waals surface area contributed by atoms with Crippen LogP contribution in [0.15, 0.2) is 42.5 Å². The summed E-state index contributed by atoms with van der Waals surface area (Å²) in [4.78, 5) is 12.5. The van der Waals surface area contributed by atoms with Gasteiger partial charge in [0.2, 0.25) is 10.0 Å². The lowest BCUT2D eigenvalue weighted by atomic mass is 10.2. The van der Waals surface area contributed by atoms with E-state index in [9.17, 15) is 13.2 Å². The van der Waals surface area contributed by atoms with Crippen LogP contribution in [-0.4, -0.2) is 40.8 Å². The summed E-state index contributed by atoms with van der Waals surface area (Å²) in [5.74, 6) is 0.949. The Morgan fingerprint density at radius 2 is 1.81 bits per heavy atom. The molecule has 1 aliphatic heterocycles. The van der Waals surface area contributed by atoms with Gasteiger partial charge in [0.15, 0.2) is 0 Å². The molecule has 0 aromatic heterocycles. The highest BCUT2D eigenvalue weighted by Gasteiger charge is 2.28. The van der Waals surface area contributed by atoms with E-state index in [0.717, 1.165) is 0 Å². The second kappa shape index (κ2) is 7.25. The van der Waals surface area contributed by atoms with E-state index in [1.165, 1.54) is 11.4 Å². The number of nitrogens with zero attached hydrogens (tertiary/aromatic N) is 1. The molecule has 1 saturated heterocycles. The van der Waals surface area contributed by atoms with Crippen molar-refractivity contribution in [2.45, 2.75) is 6.42 Å². The van der Waals surface area contributed by atoms with Crippen molar-refractivity contribution in [3.8, 4) is 11.5 Å². The molecule has 2 aromatic rings. The van der Waals surface area contributed by atoms with Gasteiger partial charge in [-0.05, 0) is 42.8 Å². The molecule has 2 aromatic carbocycles. The fourth-order valence-electron chi connectivity index (χ4n) is 2.80. The molecule has 7 nitrogen and oxygen atoms in total. The van der Waals surface area contributed by atoms with Crippen LogP contribution in [0.4, 0.5) is 11.4 Å². The van der Waals surface area contributed by atoms with Crippen molar-refractivity contribution in [2.24, 2.45) is 0 Å². The molecule has 8 heteroatoms. The molecule has 3 rings (SSSR count). The molecule has 0 unspecified atom stereocenters. The lowest BCUT2D eigenvalue weighted by Gasteiger charge is -2.17. The Kier molecular flexibility index (Phi) is 5.03. The Bertz CT molecular complexity index is 910. The monoisotopic (exact) mass is 376 g/mol. The van der Waals surface area contributed by atoms with Gasteiger partial charge in [0.25, 0.3) is 5.91 Å². The standard InChI is InChI=1S/C18H20N2O5S/c1-24-15-8-9-16(17(12-15)25-2)19-18(21)13-4-6-14(7-5-13)20-10-3-11-26(20,22)23/h4-9,12H,3,10-11H2,1-2H3,(H,19,21). The number of rotatable bonds is 5. The number of sulfonamides is 1. The van der Waals surface area contributed by atoms with E-state index in [0.29, 0.717) is 41.4 Å². The third-order valence-electron chi connectivity index (χ3n) is 4.17. The number of hydrogen-bond donors (Lipinski definition) is 1. The smallest absolute Gasteiger partial charge is 0.255 e. The Hall–Kier alpha value is -2.74. The highest BCUT2D eigenvalue weighted by molar-refractivity contribution is 7.93. The van der Waals surface area contributed by atoms with Crippen molar-refractivity contribution in [3.63, 3.8) is 0 Å². The predicted octanol–water partition coefficient (Wildman–Crippen LogP) is 2.50. The predicted molar refractivity (Wildman–Crippen MR) is 99.7 cm³/mol.